The second-order valence-corrected chi connectivity index (χ2v) is 5.52. The fourth-order valence-corrected chi connectivity index (χ4v) is 2.22. The molecule has 2 aromatic rings. The van der Waals surface area contributed by atoms with Crippen LogP contribution in [0.3, 0.4) is 0 Å². The first-order valence-corrected chi connectivity index (χ1v) is 7.76. The molecule has 0 heterocycles. The Bertz CT molecular complexity index is 780. The minimum absolute atomic E-state index is 0.153. The Labute approximate surface area is 148 Å². The summed E-state index contributed by atoms with van der Waals surface area (Å²) in [4.78, 5) is 12.0. The second-order valence-electron chi connectivity index (χ2n) is 4.60. The van der Waals surface area contributed by atoms with Crippen molar-refractivity contribution in [3.8, 4) is 23.8 Å². The first-order chi connectivity index (χ1) is 11.6. The number of benzene rings is 2. The van der Waals surface area contributed by atoms with Crippen molar-refractivity contribution in [3.05, 3.63) is 58.1 Å². The van der Waals surface area contributed by atoms with Gasteiger partial charge in [0.15, 0.2) is 0 Å². The van der Waals surface area contributed by atoms with E-state index in [0.717, 1.165) is 4.47 Å². The van der Waals surface area contributed by atoms with Crippen molar-refractivity contribution in [2.45, 2.75) is 0 Å². The Morgan fingerprint density at radius 1 is 1.33 bits per heavy atom. The lowest BCUT2D eigenvalue weighted by Crippen LogP contribution is -2.17. The number of nitrogens with one attached hydrogen (secondary N) is 1. The molecule has 0 aliphatic carbocycles. The molecule has 6 heteroatoms. The van der Waals surface area contributed by atoms with E-state index in [1.807, 2.05) is 12.1 Å². The largest absolute Gasteiger partial charge is 0.497 e. The van der Waals surface area contributed by atoms with E-state index in [-0.39, 0.29) is 12.5 Å². The quantitative estimate of drug-likeness (QED) is 0.470. The van der Waals surface area contributed by atoms with Gasteiger partial charge in [-0.25, -0.2) is 5.43 Å². The number of carbonyl (C=O) groups excluding carboxylic acids is 1. The minimum atomic E-state index is -0.324. The summed E-state index contributed by atoms with van der Waals surface area (Å²) >= 11 is 3.38. The van der Waals surface area contributed by atoms with E-state index in [1.54, 1.807) is 37.4 Å². The smallest absolute Gasteiger partial charge is 0.271 e. The second kappa shape index (κ2) is 8.75. The van der Waals surface area contributed by atoms with Gasteiger partial charge in [0.1, 0.15) is 18.1 Å². The third kappa shape index (κ3) is 4.86. The number of hydrazone groups is 1. The standard InChI is InChI=1S/C18H15BrN2O3/c1-3-10-24-17-9-6-15(19)11-14(17)12-20-21-18(22)13-4-7-16(23-2)8-5-13/h1,4-9,11-12H,10H2,2H3,(H,21,22)/b20-12+. The first kappa shape index (κ1) is 17.6. The van der Waals surface area contributed by atoms with Gasteiger partial charge in [0.2, 0.25) is 0 Å². The Kier molecular flexibility index (Phi) is 6.41. The molecule has 122 valence electrons. The molecular formula is C18H15BrN2O3. The summed E-state index contributed by atoms with van der Waals surface area (Å²) in [6.45, 7) is 0.153. The average Bonchev–Trinajstić information content (AvgIpc) is 2.61. The predicted octanol–water partition coefficient (Wildman–Crippen LogP) is 3.23. The molecule has 2 aromatic carbocycles. The number of ether oxygens (including phenoxy) is 2. The van der Waals surface area contributed by atoms with Gasteiger partial charge in [0.25, 0.3) is 5.91 Å². The summed E-state index contributed by atoms with van der Waals surface area (Å²) in [5, 5.41) is 3.96. The third-order valence-corrected chi connectivity index (χ3v) is 3.50. The highest BCUT2D eigenvalue weighted by Crippen LogP contribution is 2.21. The zero-order chi connectivity index (χ0) is 17.4. The molecule has 0 bridgehead atoms. The fourth-order valence-electron chi connectivity index (χ4n) is 1.84. The van der Waals surface area contributed by atoms with Crippen molar-refractivity contribution in [1.82, 2.24) is 5.43 Å². The van der Waals surface area contributed by atoms with Gasteiger partial charge in [0, 0.05) is 15.6 Å². The number of halogens is 1. The van der Waals surface area contributed by atoms with Crippen LogP contribution >= 0.6 is 15.9 Å². The molecule has 24 heavy (non-hydrogen) atoms. The van der Waals surface area contributed by atoms with E-state index in [2.05, 4.69) is 32.4 Å². The lowest BCUT2D eigenvalue weighted by Gasteiger charge is -2.07. The zero-order valence-electron chi connectivity index (χ0n) is 13.0. The zero-order valence-corrected chi connectivity index (χ0v) is 14.5. The number of carbonyl (C=O) groups is 1. The van der Waals surface area contributed by atoms with E-state index in [0.29, 0.717) is 22.6 Å². The Morgan fingerprint density at radius 3 is 2.75 bits per heavy atom. The van der Waals surface area contributed by atoms with Gasteiger partial charge in [-0.3, -0.25) is 4.79 Å². The molecule has 2 rings (SSSR count). The van der Waals surface area contributed by atoms with Crippen LogP contribution < -0.4 is 14.9 Å². The molecule has 0 unspecified atom stereocenters. The molecule has 0 saturated heterocycles. The summed E-state index contributed by atoms with van der Waals surface area (Å²) in [7, 11) is 1.57. The van der Waals surface area contributed by atoms with Crippen LogP contribution in [0.15, 0.2) is 52.0 Å². The summed E-state index contributed by atoms with van der Waals surface area (Å²) in [5.41, 5.74) is 3.63. The predicted molar refractivity (Wildman–Crippen MR) is 96.5 cm³/mol. The van der Waals surface area contributed by atoms with Crippen molar-refractivity contribution in [2.24, 2.45) is 5.10 Å². The van der Waals surface area contributed by atoms with Gasteiger partial charge in [-0.05, 0) is 42.5 Å². The summed E-state index contributed by atoms with van der Waals surface area (Å²) < 4.78 is 11.3. The monoisotopic (exact) mass is 386 g/mol. The average molecular weight is 387 g/mol. The summed E-state index contributed by atoms with van der Waals surface area (Å²) in [6, 6.07) is 12.1. The van der Waals surface area contributed by atoms with Crippen LogP contribution in [0.25, 0.3) is 0 Å². The van der Waals surface area contributed by atoms with Crippen LogP contribution in [0.1, 0.15) is 15.9 Å². The van der Waals surface area contributed by atoms with Crippen molar-refractivity contribution < 1.29 is 14.3 Å². The molecule has 0 aromatic heterocycles. The third-order valence-electron chi connectivity index (χ3n) is 3.00. The fraction of sp³-hybridized carbons (Fsp3) is 0.111. The first-order valence-electron chi connectivity index (χ1n) is 6.97. The van der Waals surface area contributed by atoms with E-state index in [1.165, 1.54) is 6.21 Å². The molecule has 0 fully saturated rings. The van der Waals surface area contributed by atoms with E-state index in [4.69, 9.17) is 15.9 Å². The molecular weight excluding hydrogens is 372 g/mol. The van der Waals surface area contributed by atoms with Gasteiger partial charge in [-0.2, -0.15) is 5.10 Å². The normalized spacial score (nSPS) is 10.2. The molecule has 0 saturated carbocycles. The highest BCUT2D eigenvalue weighted by Gasteiger charge is 2.05. The van der Waals surface area contributed by atoms with Crippen LogP contribution in [0.2, 0.25) is 0 Å². The number of rotatable bonds is 6. The van der Waals surface area contributed by atoms with E-state index < -0.39 is 0 Å². The summed E-state index contributed by atoms with van der Waals surface area (Å²) in [5.74, 6) is 3.34. The number of amides is 1. The highest BCUT2D eigenvalue weighted by molar-refractivity contribution is 9.10. The molecule has 0 spiro atoms. The molecule has 5 nitrogen and oxygen atoms in total. The van der Waals surface area contributed by atoms with Gasteiger partial charge < -0.3 is 9.47 Å². The van der Waals surface area contributed by atoms with Crippen LogP contribution in [0.5, 0.6) is 11.5 Å². The maximum absolute atomic E-state index is 12.0. The van der Waals surface area contributed by atoms with Gasteiger partial charge in [0.05, 0.1) is 13.3 Å². The lowest BCUT2D eigenvalue weighted by molar-refractivity contribution is 0.0955. The topological polar surface area (TPSA) is 59.9 Å². The van der Waals surface area contributed by atoms with Crippen molar-refractivity contribution in [3.63, 3.8) is 0 Å². The molecule has 0 atom stereocenters. The van der Waals surface area contributed by atoms with Crippen LogP contribution in [0.4, 0.5) is 0 Å². The molecule has 0 aliphatic rings. The molecule has 0 aliphatic heterocycles. The Morgan fingerprint density at radius 2 is 2.08 bits per heavy atom. The van der Waals surface area contributed by atoms with Crippen LogP contribution in [-0.4, -0.2) is 25.8 Å². The highest BCUT2D eigenvalue weighted by atomic mass is 79.9. The SMILES string of the molecule is C#CCOc1ccc(Br)cc1/C=N/NC(=O)c1ccc(OC)cc1. The maximum atomic E-state index is 12.0. The van der Waals surface area contributed by atoms with Crippen molar-refractivity contribution in [2.75, 3.05) is 13.7 Å². The van der Waals surface area contributed by atoms with Crippen LogP contribution in [-0.2, 0) is 0 Å². The summed E-state index contributed by atoms with van der Waals surface area (Å²) in [6.07, 6.45) is 6.70. The molecule has 1 N–H and O–H groups in total. The Hall–Kier alpha value is -2.78. The number of hydrogen-bond acceptors (Lipinski definition) is 4. The molecule has 0 radical (unpaired) electrons. The van der Waals surface area contributed by atoms with E-state index in [9.17, 15) is 4.79 Å². The van der Waals surface area contributed by atoms with Crippen molar-refractivity contribution in [1.29, 1.82) is 0 Å². The maximum Gasteiger partial charge on any atom is 0.271 e. The lowest BCUT2D eigenvalue weighted by atomic mass is 10.2. The van der Waals surface area contributed by atoms with Crippen molar-refractivity contribution >= 4 is 28.1 Å². The van der Waals surface area contributed by atoms with Gasteiger partial charge >= 0.3 is 0 Å². The number of hydrogen-bond donors (Lipinski definition) is 1. The number of terminal acetylenes is 1. The van der Waals surface area contributed by atoms with Gasteiger partial charge in [-0.1, -0.05) is 21.9 Å². The molecule has 1 amide bonds. The van der Waals surface area contributed by atoms with Crippen LogP contribution in [0, 0.1) is 12.3 Å². The Balaban J connectivity index is 2.06. The number of methoxy groups -OCH3 is 1. The van der Waals surface area contributed by atoms with Gasteiger partial charge in [-0.15, -0.1) is 6.42 Å². The minimum Gasteiger partial charge on any atom is -0.497 e. The van der Waals surface area contributed by atoms with E-state index >= 15 is 0 Å². The number of nitrogens with zero attached hydrogens (tertiary/aromatic N) is 1.